The number of ether oxygens (including phenoxy) is 3. The average Bonchev–Trinajstić information content (AvgIpc) is 2.77. The van der Waals surface area contributed by atoms with E-state index in [1.165, 1.54) is 20.6 Å². The molecule has 1 aliphatic heterocycles. The van der Waals surface area contributed by atoms with Crippen molar-refractivity contribution in [3.8, 4) is 5.75 Å². The van der Waals surface area contributed by atoms with E-state index in [-0.39, 0.29) is 42.6 Å². The Kier molecular flexibility index (Phi) is 6.93. The molecule has 29 heavy (non-hydrogen) atoms. The number of para-hydroxylation sites is 1. The maximum absolute atomic E-state index is 13.8. The van der Waals surface area contributed by atoms with Crippen LogP contribution in [0.5, 0.6) is 5.75 Å². The molecule has 0 bridgehead atoms. The molecule has 1 aliphatic carbocycles. The van der Waals surface area contributed by atoms with Gasteiger partial charge in [-0.3, -0.25) is 14.4 Å². The molecule has 1 aromatic carbocycles. The predicted molar refractivity (Wildman–Crippen MR) is 107 cm³/mol. The predicted octanol–water partition coefficient (Wildman–Crippen LogP) is 4.10. The molecule has 0 radical (unpaired) electrons. The summed E-state index contributed by atoms with van der Waals surface area (Å²) in [5.74, 6) is 0.0481. The van der Waals surface area contributed by atoms with Crippen LogP contribution < -0.4 is 4.74 Å². The second-order valence-electron chi connectivity index (χ2n) is 8.07. The fourth-order valence-corrected chi connectivity index (χ4v) is 4.88. The van der Waals surface area contributed by atoms with Crippen molar-refractivity contribution in [1.82, 2.24) is 0 Å². The highest BCUT2D eigenvalue weighted by atomic mass is 16.5. The maximum Gasteiger partial charge on any atom is 0.305 e. The van der Waals surface area contributed by atoms with Crippen molar-refractivity contribution in [3.05, 3.63) is 29.8 Å². The third kappa shape index (κ3) is 4.46. The van der Waals surface area contributed by atoms with Gasteiger partial charge in [0, 0.05) is 12.8 Å². The van der Waals surface area contributed by atoms with E-state index in [1.54, 1.807) is 6.07 Å². The van der Waals surface area contributed by atoms with Gasteiger partial charge in [0.15, 0.2) is 5.78 Å². The molecule has 0 aromatic heterocycles. The van der Waals surface area contributed by atoms with Crippen LogP contribution in [0.15, 0.2) is 24.3 Å². The summed E-state index contributed by atoms with van der Waals surface area (Å²) >= 11 is 0. The van der Waals surface area contributed by atoms with Crippen LogP contribution in [0.4, 0.5) is 0 Å². The van der Waals surface area contributed by atoms with Crippen molar-refractivity contribution in [2.45, 2.75) is 63.9 Å². The number of fused-ring (bicyclic) bond motifs is 1. The molecule has 3 rings (SSSR count). The molecule has 1 heterocycles. The minimum Gasteiger partial charge on any atom is -0.488 e. The standard InChI is InChI=1S/C23H30O6/c1-27-19(24)12-14-23(15-13-20(25)28-2)21(26)17-10-6-7-11-18(17)29-22(23)16-8-4-3-5-9-16/h6-7,10-11,16,22H,3-5,8-9,12-15H2,1-2H3. The summed E-state index contributed by atoms with van der Waals surface area (Å²) in [6.07, 6.45) is 5.81. The molecule has 0 saturated heterocycles. The number of rotatable bonds is 7. The molecule has 6 heteroatoms. The van der Waals surface area contributed by atoms with Crippen LogP contribution in [-0.4, -0.2) is 38.0 Å². The summed E-state index contributed by atoms with van der Waals surface area (Å²) in [6, 6.07) is 7.26. The lowest BCUT2D eigenvalue weighted by molar-refractivity contribution is -0.142. The van der Waals surface area contributed by atoms with E-state index in [9.17, 15) is 14.4 Å². The molecule has 0 spiro atoms. The molecule has 1 aromatic rings. The quantitative estimate of drug-likeness (QED) is 0.639. The van der Waals surface area contributed by atoms with Gasteiger partial charge in [0.05, 0.1) is 25.2 Å². The van der Waals surface area contributed by atoms with Gasteiger partial charge in [-0.1, -0.05) is 31.4 Å². The third-order valence-electron chi connectivity index (χ3n) is 6.47. The number of benzene rings is 1. The molecular formula is C23H30O6. The Morgan fingerprint density at radius 2 is 1.59 bits per heavy atom. The van der Waals surface area contributed by atoms with Crippen molar-refractivity contribution < 1.29 is 28.6 Å². The van der Waals surface area contributed by atoms with Gasteiger partial charge < -0.3 is 14.2 Å². The number of hydrogen-bond acceptors (Lipinski definition) is 6. The summed E-state index contributed by atoms with van der Waals surface area (Å²) in [6.45, 7) is 0. The Balaban J connectivity index is 2.02. The first kappa shape index (κ1) is 21.3. The lowest BCUT2D eigenvalue weighted by atomic mass is 9.62. The molecule has 0 amide bonds. The number of esters is 2. The van der Waals surface area contributed by atoms with E-state index in [0.29, 0.717) is 24.2 Å². The SMILES string of the molecule is COC(=O)CCC1(CCC(=O)OC)C(=O)c2ccccc2OC1C1CCCCC1. The minimum atomic E-state index is -0.946. The van der Waals surface area contributed by atoms with Gasteiger partial charge in [-0.05, 0) is 43.7 Å². The normalized spacial score (nSPS) is 21.0. The summed E-state index contributed by atoms with van der Waals surface area (Å²) in [7, 11) is 2.69. The van der Waals surface area contributed by atoms with Gasteiger partial charge in [-0.2, -0.15) is 0 Å². The van der Waals surface area contributed by atoms with E-state index in [4.69, 9.17) is 14.2 Å². The monoisotopic (exact) mass is 402 g/mol. The zero-order valence-electron chi connectivity index (χ0n) is 17.3. The fourth-order valence-electron chi connectivity index (χ4n) is 4.88. The number of hydrogen-bond donors (Lipinski definition) is 0. The van der Waals surface area contributed by atoms with Crippen LogP contribution >= 0.6 is 0 Å². The van der Waals surface area contributed by atoms with E-state index in [2.05, 4.69) is 0 Å². The highest BCUT2D eigenvalue weighted by molar-refractivity contribution is 6.04. The van der Waals surface area contributed by atoms with Crippen molar-refractivity contribution in [2.75, 3.05) is 14.2 Å². The van der Waals surface area contributed by atoms with Crippen molar-refractivity contribution in [2.24, 2.45) is 11.3 Å². The van der Waals surface area contributed by atoms with E-state index in [1.807, 2.05) is 18.2 Å². The van der Waals surface area contributed by atoms with E-state index >= 15 is 0 Å². The summed E-state index contributed by atoms with van der Waals surface area (Å²) in [5, 5.41) is 0. The second-order valence-corrected chi connectivity index (χ2v) is 8.07. The van der Waals surface area contributed by atoms with Gasteiger partial charge in [0.1, 0.15) is 11.9 Å². The largest absolute Gasteiger partial charge is 0.488 e. The van der Waals surface area contributed by atoms with Crippen LogP contribution in [0.1, 0.15) is 68.1 Å². The smallest absolute Gasteiger partial charge is 0.305 e. The molecule has 0 N–H and O–H groups in total. The van der Waals surface area contributed by atoms with Crippen LogP contribution in [-0.2, 0) is 19.1 Å². The Bertz CT molecular complexity index is 729. The number of methoxy groups -OCH3 is 2. The second kappa shape index (κ2) is 9.42. The van der Waals surface area contributed by atoms with E-state index in [0.717, 1.165) is 25.7 Å². The van der Waals surface area contributed by atoms with Crippen LogP contribution in [0.3, 0.4) is 0 Å². The van der Waals surface area contributed by atoms with Crippen LogP contribution in [0.2, 0.25) is 0 Å². The topological polar surface area (TPSA) is 78.9 Å². The molecule has 1 atom stereocenters. The Labute approximate surface area is 171 Å². The Hall–Kier alpha value is -2.37. The first-order chi connectivity index (χ1) is 14.0. The minimum absolute atomic E-state index is 0.0391. The number of Topliss-reactive ketones (excluding diaryl/α,β-unsaturated/α-hetero) is 1. The third-order valence-corrected chi connectivity index (χ3v) is 6.47. The zero-order chi connectivity index (χ0) is 20.9. The van der Waals surface area contributed by atoms with Crippen LogP contribution in [0.25, 0.3) is 0 Å². The van der Waals surface area contributed by atoms with Gasteiger partial charge in [-0.15, -0.1) is 0 Å². The number of ketones is 1. The average molecular weight is 402 g/mol. The molecule has 1 fully saturated rings. The number of carbonyl (C=O) groups excluding carboxylic acids is 3. The molecule has 158 valence electrons. The van der Waals surface area contributed by atoms with Crippen molar-refractivity contribution >= 4 is 17.7 Å². The van der Waals surface area contributed by atoms with E-state index < -0.39 is 5.41 Å². The van der Waals surface area contributed by atoms with Gasteiger partial charge in [0.2, 0.25) is 0 Å². The lowest BCUT2D eigenvalue weighted by Crippen LogP contribution is -2.53. The lowest BCUT2D eigenvalue weighted by Gasteiger charge is -2.47. The highest BCUT2D eigenvalue weighted by Gasteiger charge is 2.53. The van der Waals surface area contributed by atoms with Gasteiger partial charge >= 0.3 is 11.9 Å². The highest BCUT2D eigenvalue weighted by Crippen LogP contribution is 2.50. The molecule has 1 unspecified atom stereocenters. The Morgan fingerprint density at radius 1 is 1.00 bits per heavy atom. The molecule has 2 aliphatic rings. The number of carbonyl (C=O) groups is 3. The van der Waals surface area contributed by atoms with Gasteiger partial charge in [0.25, 0.3) is 0 Å². The van der Waals surface area contributed by atoms with Crippen LogP contribution in [0, 0.1) is 11.3 Å². The van der Waals surface area contributed by atoms with Crippen molar-refractivity contribution in [1.29, 1.82) is 0 Å². The first-order valence-corrected chi connectivity index (χ1v) is 10.5. The maximum atomic E-state index is 13.8. The molecule has 6 nitrogen and oxygen atoms in total. The first-order valence-electron chi connectivity index (χ1n) is 10.5. The Morgan fingerprint density at radius 3 is 2.17 bits per heavy atom. The van der Waals surface area contributed by atoms with Crippen molar-refractivity contribution in [3.63, 3.8) is 0 Å². The summed E-state index contributed by atoms with van der Waals surface area (Å²) in [4.78, 5) is 37.7. The summed E-state index contributed by atoms with van der Waals surface area (Å²) < 4.78 is 16.1. The summed E-state index contributed by atoms with van der Waals surface area (Å²) in [5.41, 5.74) is -0.423. The fraction of sp³-hybridized carbons (Fsp3) is 0.609. The zero-order valence-corrected chi connectivity index (χ0v) is 17.3. The molecule has 1 saturated carbocycles. The molecular weight excluding hydrogens is 372 g/mol. The van der Waals surface area contributed by atoms with Gasteiger partial charge in [-0.25, -0.2) is 0 Å².